The van der Waals surface area contributed by atoms with Gasteiger partial charge in [0.1, 0.15) is 0 Å². The van der Waals surface area contributed by atoms with Gasteiger partial charge in [-0.1, -0.05) is 0 Å². The molecule has 10 heavy (non-hydrogen) atoms. The van der Waals surface area contributed by atoms with Crippen LogP contribution in [0.1, 0.15) is 6.42 Å². The lowest BCUT2D eigenvalue weighted by Gasteiger charge is -2.00. The van der Waals surface area contributed by atoms with Crippen LogP contribution in [0.2, 0.25) is 0 Å². The highest BCUT2D eigenvalue weighted by atomic mass is 16.1. The Kier molecular flexibility index (Phi) is 3.97. The fraction of sp³-hybridized carbons (Fsp3) is 0.429. The van der Waals surface area contributed by atoms with Gasteiger partial charge in [0.25, 0.3) is 0 Å². The van der Waals surface area contributed by atoms with E-state index in [-0.39, 0.29) is 12.2 Å². The number of hydrogen-bond donors (Lipinski definition) is 0. The summed E-state index contributed by atoms with van der Waals surface area (Å²) in [6.07, 6.45) is 2.98. The minimum absolute atomic E-state index is 0.0374. The number of nitrogens with zero attached hydrogens (tertiary/aromatic N) is 2. The third-order valence-electron chi connectivity index (χ3n) is 0.812. The predicted molar refractivity (Wildman–Crippen MR) is 38.1 cm³/mol. The minimum atomic E-state index is -0.156. The molecule has 0 saturated heterocycles. The molecular formula is C7H10N2O. The van der Waals surface area contributed by atoms with E-state index in [1.807, 2.05) is 14.1 Å². The minimum Gasteiger partial charge on any atom is -0.383 e. The summed E-state index contributed by atoms with van der Waals surface area (Å²) in [5.41, 5.74) is 0. The maximum atomic E-state index is 10.6. The fourth-order valence-corrected chi connectivity index (χ4v) is 0.369. The van der Waals surface area contributed by atoms with Gasteiger partial charge in [0.15, 0.2) is 5.78 Å². The van der Waals surface area contributed by atoms with Crippen molar-refractivity contribution in [2.75, 3.05) is 14.1 Å². The summed E-state index contributed by atoms with van der Waals surface area (Å²) < 4.78 is 0. The van der Waals surface area contributed by atoms with Crippen LogP contribution in [0.5, 0.6) is 0 Å². The van der Waals surface area contributed by atoms with E-state index < -0.39 is 0 Å². The Morgan fingerprint density at radius 3 is 2.70 bits per heavy atom. The maximum absolute atomic E-state index is 10.6. The second-order valence-corrected chi connectivity index (χ2v) is 2.08. The van der Waals surface area contributed by atoms with E-state index in [1.54, 1.807) is 17.2 Å². The van der Waals surface area contributed by atoms with E-state index in [1.165, 1.54) is 6.08 Å². The Hall–Kier alpha value is -1.30. The molecule has 0 aromatic heterocycles. The van der Waals surface area contributed by atoms with Crippen molar-refractivity contribution >= 4 is 5.78 Å². The lowest BCUT2D eigenvalue weighted by Crippen LogP contribution is -2.02. The average molecular weight is 138 g/mol. The zero-order valence-corrected chi connectivity index (χ0v) is 6.16. The van der Waals surface area contributed by atoms with Crippen molar-refractivity contribution in [1.82, 2.24) is 4.90 Å². The van der Waals surface area contributed by atoms with Crippen LogP contribution >= 0.6 is 0 Å². The van der Waals surface area contributed by atoms with Crippen LogP contribution in [-0.2, 0) is 4.79 Å². The Balaban J connectivity index is 3.69. The highest BCUT2D eigenvalue weighted by Crippen LogP contribution is 1.84. The smallest absolute Gasteiger partial charge is 0.171 e. The number of ketones is 1. The van der Waals surface area contributed by atoms with Gasteiger partial charge in [-0.05, 0) is 6.08 Å². The highest BCUT2D eigenvalue weighted by Gasteiger charge is 1.91. The van der Waals surface area contributed by atoms with E-state index in [2.05, 4.69) is 0 Å². The first-order chi connectivity index (χ1) is 4.66. The standard InChI is InChI=1S/C7H10N2O/c1-9(2)6-4-7(10)3-5-8/h4,6H,3H2,1-2H3. The lowest BCUT2D eigenvalue weighted by atomic mass is 10.3. The first kappa shape index (κ1) is 8.70. The molecule has 0 bridgehead atoms. The summed E-state index contributed by atoms with van der Waals surface area (Å²) in [5, 5.41) is 8.08. The van der Waals surface area contributed by atoms with Crippen molar-refractivity contribution in [3.05, 3.63) is 12.3 Å². The summed E-state index contributed by atoms with van der Waals surface area (Å²) in [6.45, 7) is 0. The molecule has 0 spiro atoms. The van der Waals surface area contributed by atoms with Gasteiger partial charge in [-0.15, -0.1) is 0 Å². The fourth-order valence-electron chi connectivity index (χ4n) is 0.369. The molecule has 0 rings (SSSR count). The van der Waals surface area contributed by atoms with Crippen LogP contribution in [0.25, 0.3) is 0 Å². The molecule has 0 atom stereocenters. The third kappa shape index (κ3) is 4.85. The SMILES string of the molecule is CN(C)C=CC(=O)CC#N. The van der Waals surface area contributed by atoms with Crippen molar-refractivity contribution in [1.29, 1.82) is 5.26 Å². The monoisotopic (exact) mass is 138 g/mol. The average Bonchev–Trinajstić information content (AvgIpc) is 1.85. The topological polar surface area (TPSA) is 44.1 Å². The zero-order valence-electron chi connectivity index (χ0n) is 6.16. The number of nitriles is 1. The molecule has 0 fully saturated rings. The summed E-state index contributed by atoms with van der Waals surface area (Å²) in [4.78, 5) is 12.4. The molecule has 54 valence electrons. The molecule has 0 aliphatic carbocycles. The maximum Gasteiger partial charge on any atom is 0.171 e. The quantitative estimate of drug-likeness (QED) is 0.535. The Morgan fingerprint density at radius 2 is 2.30 bits per heavy atom. The van der Waals surface area contributed by atoms with Gasteiger partial charge >= 0.3 is 0 Å². The Morgan fingerprint density at radius 1 is 1.70 bits per heavy atom. The van der Waals surface area contributed by atoms with Crippen molar-refractivity contribution in [2.45, 2.75) is 6.42 Å². The second-order valence-electron chi connectivity index (χ2n) is 2.08. The first-order valence-electron chi connectivity index (χ1n) is 2.91. The highest BCUT2D eigenvalue weighted by molar-refractivity contribution is 5.90. The molecule has 0 aliphatic heterocycles. The van der Waals surface area contributed by atoms with Gasteiger partial charge in [-0.2, -0.15) is 5.26 Å². The molecule has 0 aliphatic rings. The van der Waals surface area contributed by atoms with Crippen molar-refractivity contribution in [3.63, 3.8) is 0 Å². The molecule has 0 unspecified atom stereocenters. The van der Waals surface area contributed by atoms with Crippen LogP contribution in [-0.4, -0.2) is 24.8 Å². The summed E-state index contributed by atoms with van der Waals surface area (Å²) in [5.74, 6) is -0.156. The van der Waals surface area contributed by atoms with Gasteiger partial charge in [0.05, 0.1) is 12.5 Å². The molecule has 0 heterocycles. The van der Waals surface area contributed by atoms with Gasteiger partial charge in [-0.25, -0.2) is 0 Å². The molecule has 0 saturated carbocycles. The summed E-state index contributed by atoms with van der Waals surface area (Å²) >= 11 is 0. The first-order valence-corrected chi connectivity index (χ1v) is 2.91. The third-order valence-corrected chi connectivity index (χ3v) is 0.812. The zero-order chi connectivity index (χ0) is 7.98. The van der Waals surface area contributed by atoms with Gasteiger partial charge in [0, 0.05) is 20.3 Å². The second kappa shape index (κ2) is 4.57. The van der Waals surface area contributed by atoms with E-state index in [0.29, 0.717) is 0 Å². The van der Waals surface area contributed by atoms with Crippen LogP contribution in [0.15, 0.2) is 12.3 Å². The van der Waals surface area contributed by atoms with E-state index in [9.17, 15) is 4.79 Å². The molecular weight excluding hydrogens is 128 g/mol. The molecule has 0 N–H and O–H groups in total. The molecule has 3 heteroatoms. The summed E-state index contributed by atoms with van der Waals surface area (Å²) in [6, 6.07) is 1.77. The number of hydrogen-bond acceptors (Lipinski definition) is 3. The van der Waals surface area contributed by atoms with Crippen molar-refractivity contribution in [3.8, 4) is 6.07 Å². The Labute approximate surface area is 60.6 Å². The van der Waals surface area contributed by atoms with E-state index in [0.717, 1.165) is 0 Å². The molecule has 0 amide bonds. The number of allylic oxidation sites excluding steroid dienone is 1. The van der Waals surface area contributed by atoms with Crippen LogP contribution in [0, 0.1) is 11.3 Å². The number of carbonyl (C=O) groups is 1. The molecule has 0 radical (unpaired) electrons. The van der Waals surface area contributed by atoms with Crippen molar-refractivity contribution < 1.29 is 4.79 Å². The van der Waals surface area contributed by atoms with Crippen LogP contribution in [0.3, 0.4) is 0 Å². The molecule has 0 aromatic rings. The number of rotatable bonds is 3. The van der Waals surface area contributed by atoms with E-state index in [4.69, 9.17) is 5.26 Å². The van der Waals surface area contributed by atoms with Gasteiger partial charge < -0.3 is 4.90 Å². The lowest BCUT2D eigenvalue weighted by molar-refractivity contribution is -0.113. The van der Waals surface area contributed by atoms with E-state index >= 15 is 0 Å². The molecule has 3 nitrogen and oxygen atoms in total. The summed E-state index contributed by atoms with van der Waals surface area (Å²) in [7, 11) is 3.63. The van der Waals surface area contributed by atoms with Crippen LogP contribution in [0.4, 0.5) is 0 Å². The van der Waals surface area contributed by atoms with Gasteiger partial charge in [-0.3, -0.25) is 4.79 Å². The largest absolute Gasteiger partial charge is 0.383 e. The predicted octanol–water partition coefficient (Wildman–Crippen LogP) is 0.544. The molecule has 0 aromatic carbocycles. The van der Waals surface area contributed by atoms with Gasteiger partial charge in [0.2, 0.25) is 0 Å². The number of carbonyl (C=O) groups excluding carboxylic acids is 1. The van der Waals surface area contributed by atoms with Crippen LogP contribution < -0.4 is 0 Å². The van der Waals surface area contributed by atoms with Crippen molar-refractivity contribution in [2.24, 2.45) is 0 Å². The Bertz CT molecular complexity index is 177. The normalized spacial score (nSPS) is 9.30.